The van der Waals surface area contributed by atoms with Gasteiger partial charge in [-0.1, -0.05) is 6.08 Å². The lowest BCUT2D eigenvalue weighted by molar-refractivity contribution is 0.227. The molecule has 0 aliphatic heterocycles. The minimum absolute atomic E-state index is 0.434. The average molecular weight is 256 g/mol. The van der Waals surface area contributed by atoms with Gasteiger partial charge >= 0.3 is 0 Å². The van der Waals surface area contributed by atoms with E-state index in [1.807, 2.05) is 0 Å². The number of hydrogen-bond donors (Lipinski definition) is 1. The summed E-state index contributed by atoms with van der Waals surface area (Å²) in [6.07, 6.45) is 3.48. The largest absolute Gasteiger partial charge is 0.389 e. The van der Waals surface area contributed by atoms with Crippen molar-refractivity contribution >= 4 is 31.9 Å². The highest BCUT2D eigenvalue weighted by Crippen LogP contribution is 2.14. The molecule has 0 radical (unpaired) electrons. The fraction of sp³-hybridized carbons (Fsp3) is 0.333. The molecule has 0 saturated heterocycles. The Morgan fingerprint density at radius 3 is 2.56 bits per heavy atom. The predicted molar refractivity (Wildman–Crippen MR) is 46.8 cm³/mol. The number of hydrogen-bond acceptors (Lipinski definition) is 1. The molecule has 0 rings (SSSR count). The summed E-state index contributed by atoms with van der Waals surface area (Å²) in [5.74, 6) is 0. The highest BCUT2D eigenvalue weighted by molar-refractivity contribution is 9.28. The fourth-order valence-electron chi connectivity index (χ4n) is 0.384. The smallest absolute Gasteiger partial charge is 0.0774 e. The molecule has 0 aromatic heterocycles. The number of aliphatic hydroxyl groups excluding tert-OH is 1. The molecule has 1 nitrogen and oxygen atoms in total. The monoisotopic (exact) mass is 254 g/mol. The molecule has 3 heteroatoms. The van der Waals surface area contributed by atoms with E-state index in [1.165, 1.54) is 0 Å². The normalized spacial score (nSPS) is 12.3. The molecule has 0 aliphatic carbocycles. The number of aliphatic hydroxyl groups is 1. The Morgan fingerprint density at radius 2 is 2.22 bits per heavy atom. The van der Waals surface area contributed by atoms with E-state index in [0.717, 1.165) is 3.39 Å². The standard InChI is InChI=1S/C6H8Br2O/c1-2-3-5(9)4-6(7)8/h2,4-5,9H,1,3H2. The van der Waals surface area contributed by atoms with Crippen LogP contribution in [0.5, 0.6) is 0 Å². The quantitative estimate of drug-likeness (QED) is 0.769. The van der Waals surface area contributed by atoms with Crippen LogP contribution >= 0.6 is 31.9 Å². The van der Waals surface area contributed by atoms with Crippen LogP contribution in [0.1, 0.15) is 6.42 Å². The van der Waals surface area contributed by atoms with Crippen molar-refractivity contribution in [3.63, 3.8) is 0 Å². The Kier molecular flexibility index (Phi) is 5.44. The first kappa shape index (κ1) is 9.40. The summed E-state index contributed by atoms with van der Waals surface area (Å²) < 4.78 is 0.768. The van der Waals surface area contributed by atoms with Crippen molar-refractivity contribution in [3.05, 3.63) is 22.1 Å². The molecule has 0 heterocycles. The maximum atomic E-state index is 9.01. The molecule has 0 bridgehead atoms. The SMILES string of the molecule is C=CCC(O)C=C(Br)Br. The number of rotatable bonds is 3. The minimum Gasteiger partial charge on any atom is -0.389 e. The van der Waals surface area contributed by atoms with E-state index >= 15 is 0 Å². The molecular formula is C6H8Br2O. The van der Waals surface area contributed by atoms with Crippen LogP contribution in [0, 0.1) is 0 Å². The van der Waals surface area contributed by atoms with Gasteiger partial charge in [-0.2, -0.15) is 0 Å². The average Bonchev–Trinajstić information content (AvgIpc) is 1.63. The summed E-state index contributed by atoms with van der Waals surface area (Å²) in [5, 5.41) is 9.01. The summed E-state index contributed by atoms with van der Waals surface area (Å²) in [6, 6.07) is 0. The van der Waals surface area contributed by atoms with Crippen LogP contribution in [-0.4, -0.2) is 11.2 Å². The molecule has 1 atom stereocenters. The van der Waals surface area contributed by atoms with Gasteiger partial charge in [-0.25, -0.2) is 0 Å². The van der Waals surface area contributed by atoms with Gasteiger partial charge in [0.25, 0.3) is 0 Å². The van der Waals surface area contributed by atoms with E-state index in [-0.39, 0.29) is 0 Å². The number of halogens is 2. The van der Waals surface area contributed by atoms with E-state index < -0.39 is 6.10 Å². The Labute approximate surface area is 71.7 Å². The lowest BCUT2D eigenvalue weighted by Gasteiger charge is -1.98. The molecule has 0 fully saturated rings. The van der Waals surface area contributed by atoms with Crippen LogP contribution in [0.4, 0.5) is 0 Å². The minimum atomic E-state index is -0.434. The van der Waals surface area contributed by atoms with Gasteiger partial charge in [-0.05, 0) is 44.4 Å². The van der Waals surface area contributed by atoms with Crippen molar-refractivity contribution < 1.29 is 5.11 Å². The van der Waals surface area contributed by atoms with Crippen LogP contribution in [0.3, 0.4) is 0 Å². The summed E-state index contributed by atoms with van der Waals surface area (Å²) in [7, 11) is 0. The van der Waals surface area contributed by atoms with Crippen LogP contribution in [-0.2, 0) is 0 Å². The fourth-order valence-corrected chi connectivity index (χ4v) is 0.994. The van der Waals surface area contributed by atoms with Crippen molar-refractivity contribution in [2.24, 2.45) is 0 Å². The third-order valence-electron chi connectivity index (χ3n) is 0.727. The Balaban J connectivity index is 3.61. The van der Waals surface area contributed by atoms with Gasteiger partial charge in [-0.3, -0.25) is 0 Å². The Hall–Kier alpha value is 0.400. The third kappa shape index (κ3) is 6.28. The van der Waals surface area contributed by atoms with Gasteiger partial charge in [0.2, 0.25) is 0 Å². The van der Waals surface area contributed by atoms with Gasteiger partial charge in [0, 0.05) is 0 Å². The molecule has 9 heavy (non-hydrogen) atoms. The highest BCUT2D eigenvalue weighted by Gasteiger charge is 1.95. The van der Waals surface area contributed by atoms with E-state index in [0.29, 0.717) is 6.42 Å². The second-order valence-corrected chi connectivity index (χ2v) is 4.32. The van der Waals surface area contributed by atoms with Crippen molar-refractivity contribution in [3.8, 4) is 0 Å². The van der Waals surface area contributed by atoms with Gasteiger partial charge in [0.15, 0.2) is 0 Å². The highest BCUT2D eigenvalue weighted by atomic mass is 79.9. The molecule has 0 amide bonds. The zero-order valence-corrected chi connectivity index (χ0v) is 8.02. The van der Waals surface area contributed by atoms with Crippen LogP contribution < -0.4 is 0 Å². The lowest BCUT2D eigenvalue weighted by Crippen LogP contribution is -1.98. The molecule has 1 N–H and O–H groups in total. The zero-order chi connectivity index (χ0) is 7.28. The van der Waals surface area contributed by atoms with Crippen molar-refractivity contribution in [1.82, 2.24) is 0 Å². The molecule has 52 valence electrons. The molecular weight excluding hydrogens is 248 g/mol. The summed E-state index contributed by atoms with van der Waals surface area (Å²) in [5.41, 5.74) is 0. The third-order valence-corrected chi connectivity index (χ3v) is 1.26. The molecule has 0 saturated carbocycles. The van der Waals surface area contributed by atoms with Crippen molar-refractivity contribution in [2.45, 2.75) is 12.5 Å². The molecule has 0 spiro atoms. The van der Waals surface area contributed by atoms with Crippen molar-refractivity contribution in [1.29, 1.82) is 0 Å². The van der Waals surface area contributed by atoms with E-state index in [2.05, 4.69) is 38.4 Å². The Morgan fingerprint density at radius 1 is 1.67 bits per heavy atom. The zero-order valence-electron chi connectivity index (χ0n) is 4.85. The summed E-state index contributed by atoms with van der Waals surface area (Å²) in [6.45, 7) is 3.49. The van der Waals surface area contributed by atoms with Crippen LogP contribution in [0.2, 0.25) is 0 Å². The topological polar surface area (TPSA) is 20.2 Å². The second kappa shape index (κ2) is 5.21. The summed E-state index contributed by atoms with van der Waals surface area (Å²) in [4.78, 5) is 0. The van der Waals surface area contributed by atoms with Gasteiger partial charge in [0.05, 0.1) is 9.50 Å². The first-order valence-electron chi connectivity index (χ1n) is 2.48. The first-order valence-corrected chi connectivity index (χ1v) is 4.07. The first-order chi connectivity index (χ1) is 4.16. The summed E-state index contributed by atoms with van der Waals surface area (Å²) >= 11 is 6.26. The molecule has 0 aliphatic rings. The van der Waals surface area contributed by atoms with E-state index in [4.69, 9.17) is 5.11 Å². The van der Waals surface area contributed by atoms with Gasteiger partial charge < -0.3 is 5.11 Å². The van der Waals surface area contributed by atoms with Crippen molar-refractivity contribution in [2.75, 3.05) is 0 Å². The van der Waals surface area contributed by atoms with E-state index in [9.17, 15) is 0 Å². The second-order valence-electron chi connectivity index (χ2n) is 1.55. The Bertz CT molecular complexity index is 116. The maximum Gasteiger partial charge on any atom is 0.0774 e. The van der Waals surface area contributed by atoms with Crippen LogP contribution in [0.25, 0.3) is 0 Å². The molecule has 1 unspecified atom stereocenters. The van der Waals surface area contributed by atoms with E-state index in [1.54, 1.807) is 12.2 Å². The van der Waals surface area contributed by atoms with Gasteiger partial charge in [0.1, 0.15) is 0 Å². The lowest BCUT2D eigenvalue weighted by atomic mass is 10.2. The molecule has 0 aromatic rings. The van der Waals surface area contributed by atoms with Gasteiger partial charge in [-0.15, -0.1) is 6.58 Å². The predicted octanol–water partition coefficient (Wildman–Crippen LogP) is 2.55. The maximum absolute atomic E-state index is 9.01. The molecule has 0 aromatic carbocycles. The van der Waals surface area contributed by atoms with Crippen LogP contribution in [0.15, 0.2) is 22.1 Å².